The number of benzene rings is 2. The average Bonchev–Trinajstić information content (AvgIpc) is 2.66. The molecule has 0 aromatic heterocycles. The van der Waals surface area contributed by atoms with E-state index in [1.807, 2.05) is 30.3 Å². The lowest BCUT2D eigenvalue weighted by Gasteiger charge is -2.32. The Morgan fingerprint density at radius 1 is 0.862 bits per heavy atom. The Labute approximate surface area is 164 Å². The van der Waals surface area contributed by atoms with E-state index in [1.54, 1.807) is 0 Å². The van der Waals surface area contributed by atoms with Crippen LogP contribution >= 0.6 is 0 Å². The molecule has 2 aromatic rings. The quantitative estimate of drug-likeness (QED) is 0.653. The summed E-state index contributed by atoms with van der Waals surface area (Å²) in [6, 6.07) is 11.3. The number of nitrogens with one attached hydrogen (secondary N) is 1. The van der Waals surface area contributed by atoms with Gasteiger partial charge in [-0.05, 0) is 48.7 Å². The maximum absolute atomic E-state index is 13.0. The van der Waals surface area contributed by atoms with Crippen LogP contribution in [0.4, 0.5) is 26.3 Å². The molecule has 2 aromatic carbocycles. The van der Waals surface area contributed by atoms with Crippen LogP contribution < -0.4 is 5.32 Å². The molecule has 0 amide bonds. The van der Waals surface area contributed by atoms with Crippen molar-refractivity contribution in [2.24, 2.45) is 5.92 Å². The minimum Gasteiger partial charge on any atom is -0.373 e. The monoisotopic (exact) mass is 417 g/mol. The fourth-order valence-corrected chi connectivity index (χ4v) is 3.54. The van der Waals surface area contributed by atoms with Gasteiger partial charge in [-0.2, -0.15) is 26.3 Å². The second-order valence-electron chi connectivity index (χ2n) is 7.21. The fourth-order valence-electron chi connectivity index (χ4n) is 3.54. The van der Waals surface area contributed by atoms with Crippen LogP contribution in [-0.2, 0) is 30.1 Å². The van der Waals surface area contributed by atoms with E-state index in [1.165, 1.54) is 0 Å². The summed E-state index contributed by atoms with van der Waals surface area (Å²) in [5.41, 5.74) is -1.67. The van der Waals surface area contributed by atoms with Crippen LogP contribution in [0.15, 0.2) is 48.5 Å². The molecule has 29 heavy (non-hydrogen) atoms. The van der Waals surface area contributed by atoms with Crippen molar-refractivity contribution in [2.45, 2.75) is 37.9 Å². The Hall–Kier alpha value is -2.06. The van der Waals surface area contributed by atoms with Gasteiger partial charge in [0.2, 0.25) is 0 Å². The number of hydrogen-bond donors (Lipinski definition) is 1. The number of ether oxygens (including phenoxy) is 1. The molecule has 1 heterocycles. The van der Waals surface area contributed by atoms with E-state index in [4.69, 9.17) is 4.74 Å². The second-order valence-corrected chi connectivity index (χ2v) is 7.21. The summed E-state index contributed by atoms with van der Waals surface area (Å²) in [7, 11) is 0. The van der Waals surface area contributed by atoms with E-state index in [2.05, 4.69) is 5.32 Å². The van der Waals surface area contributed by atoms with E-state index >= 15 is 0 Å². The van der Waals surface area contributed by atoms with Gasteiger partial charge in [0.05, 0.1) is 23.8 Å². The van der Waals surface area contributed by atoms with Crippen LogP contribution in [0.25, 0.3) is 0 Å². The van der Waals surface area contributed by atoms with Crippen LogP contribution in [-0.4, -0.2) is 19.2 Å². The Morgan fingerprint density at radius 2 is 1.48 bits per heavy atom. The first-order valence-electron chi connectivity index (χ1n) is 9.27. The lowest BCUT2D eigenvalue weighted by Crippen LogP contribution is -2.42. The van der Waals surface area contributed by atoms with Crippen LogP contribution in [0.5, 0.6) is 0 Å². The summed E-state index contributed by atoms with van der Waals surface area (Å²) >= 11 is 0. The SMILES string of the molecule is FC(F)(F)c1cc(CO[C@@H]2CCNC[C@@H]2Cc2ccccc2)cc(C(F)(F)F)c1. The Morgan fingerprint density at radius 3 is 2.07 bits per heavy atom. The maximum Gasteiger partial charge on any atom is 0.416 e. The van der Waals surface area contributed by atoms with Gasteiger partial charge in [0, 0.05) is 12.5 Å². The molecule has 8 heteroatoms. The lowest BCUT2D eigenvalue weighted by atomic mass is 9.89. The van der Waals surface area contributed by atoms with Crippen molar-refractivity contribution in [1.29, 1.82) is 0 Å². The minimum atomic E-state index is -4.86. The number of piperidine rings is 1. The highest BCUT2D eigenvalue weighted by molar-refractivity contribution is 5.33. The largest absolute Gasteiger partial charge is 0.416 e. The first kappa shape index (κ1) is 21.6. The van der Waals surface area contributed by atoms with E-state index in [-0.39, 0.29) is 30.3 Å². The summed E-state index contributed by atoms with van der Waals surface area (Å²) in [6.07, 6.45) is -8.61. The standard InChI is InChI=1S/C21H21F6NO/c22-20(23,24)17-9-15(10-18(11-17)21(25,26)27)13-29-19-6-7-28-12-16(19)8-14-4-2-1-3-5-14/h1-5,9-11,16,19,28H,6-8,12-13H2/t16-,19+/m0/s1. The zero-order valence-electron chi connectivity index (χ0n) is 15.5. The highest BCUT2D eigenvalue weighted by Crippen LogP contribution is 2.36. The van der Waals surface area contributed by atoms with Crippen molar-refractivity contribution in [3.8, 4) is 0 Å². The molecule has 1 aliphatic rings. The second kappa shape index (κ2) is 8.75. The van der Waals surface area contributed by atoms with Gasteiger partial charge in [0.15, 0.2) is 0 Å². The Kier molecular flexibility index (Phi) is 6.53. The van der Waals surface area contributed by atoms with Crippen molar-refractivity contribution < 1.29 is 31.1 Å². The minimum absolute atomic E-state index is 0.0824. The third kappa shape index (κ3) is 5.96. The molecule has 3 rings (SSSR count). The fraction of sp³-hybridized carbons (Fsp3) is 0.429. The molecule has 0 saturated carbocycles. The van der Waals surface area contributed by atoms with Gasteiger partial charge < -0.3 is 10.1 Å². The highest BCUT2D eigenvalue weighted by atomic mass is 19.4. The van der Waals surface area contributed by atoms with E-state index in [9.17, 15) is 26.3 Å². The van der Waals surface area contributed by atoms with Gasteiger partial charge in [0.25, 0.3) is 0 Å². The zero-order valence-corrected chi connectivity index (χ0v) is 15.5. The third-order valence-corrected chi connectivity index (χ3v) is 4.99. The van der Waals surface area contributed by atoms with E-state index in [0.717, 1.165) is 24.1 Å². The molecule has 158 valence electrons. The predicted octanol–water partition coefficient (Wildman–Crippen LogP) is 5.46. The van der Waals surface area contributed by atoms with Crippen molar-refractivity contribution in [3.63, 3.8) is 0 Å². The molecule has 0 radical (unpaired) electrons. The molecule has 1 N–H and O–H groups in total. The first-order valence-corrected chi connectivity index (χ1v) is 9.27. The molecule has 2 nitrogen and oxygen atoms in total. The van der Waals surface area contributed by atoms with Crippen LogP contribution in [0.3, 0.4) is 0 Å². The topological polar surface area (TPSA) is 21.3 Å². The molecule has 0 bridgehead atoms. The normalized spacial score (nSPS) is 20.6. The van der Waals surface area contributed by atoms with Gasteiger partial charge in [-0.15, -0.1) is 0 Å². The Balaban J connectivity index is 1.74. The number of halogens is 6. The molecule has 1 aliphatic heterocycles. The molecule has 1 fully saturated rings. The predicted molar refractivity (Wildman–Crippen MR) is 96.1 cm³/mol. The molecule has 0 spiro atoms. The highest BCUT2D eigenvalue weighted by Gasteiger charge is 2.37. The zero-order chi connectivity index (χ0) is 21.1. The maximum atomic E-state index is 13.0. The number of rotatable bonds is 5. The van der Waals surface area contributed by atoms with Gasteiger partial charge in [-0.1, -0.05) is 30.3 Å². The molecular weight excluding hydrogens is 396 g/mol. The first-order chi connectivity index (χ1) is 13.6. The molecule has 0 unspecified atom stereocenters. The summed E-state index contributed by atoms with van der Waals surface area (Å²) < 4.78 is 83.9. The van der Waals surface area contributed by atoms with Crippen molar-refractivity contribution in [2.75, 3.05) is 13.1 Å². The van der Waals surface area contributed by atoms with E-state index in [0.29, 0.717) is 19.5 Å². The molecule has 0 aliphatic carbocycles. The summed E-state index contributed by atoms with van der Waals surface area (Å²) in [4.78, 5) is 0. The van der Waals surface area contributed by atoms with Crippen LogP contribution in [0.2, 0.25) is 0 Å². The van der Waals surface area contributed by atoms with Gasteiger partial charge in [-0.25, -0.2) is 0 Å². The Bertz CT molecular complexity index is 771. The van der Waals surface area contributed by atoms with Gasteiger partial charge in [-0.3, -0.25) is 0 Å². The summed E-state index contributed by atoms with van der Waals surface area (Å²) in [6.45, 7) is 1.06. The summed E-state index contributed by atoms with van der Waals surface area (Å²) in [5, 5.41) is 3.26. The van der Waals surface area contributed by atoms with Gasteiger partial charge in [0.1, 0.15) is 0 Å². The molecule has 1 saturated heterocycles. The number of alkyl halides is 6. The van der Waals surface area contributed by atoms with Crippen molar-refractivity contribution in [3.05, 3.63) is 70.8 Å². The molecule has 2 atom stereocenters. The van der Waals surface area contributed by atoms with Gasteiger partial charge >= 0.3 is 12.4 Å². The average molecular weight is 417 g/mol. The summed E-state index contributed by atoms with van der Waals surface area (Å²) in [5.74, 6) is 0.0824. The van der Waals surface area contributed by atoms with Crippen molar-refractivity contribution in [1.82, 2.24) is 5.32 Å². The third-order valence-electron chi connectivity index (χ3n) is 4.99. The van der Waals surface area contributed by atoms with Crippen LogP contribution in [0, 0.1) is 5.92 Å². The van der Waals surface area contributed by atoms with Crippen LogP contribution in [0.1, 0.15) is 28.7 Å². The number of hydrogen-bond acceptors (Lipinski definition) is 2. The van der Waals surface area contributed by atoms with Crippen molar-refractivity contribution >= 4 is 0 Å². The molecular formula is C21H21F6NO. The smallest absolute Gasteiger partial charge is 0.373 e. The lowest BCUT2D eigenvalue weighted by molar-refractivity contribution is -0.143. The van der Waals surface area contributed by atoms with E-state index < -0.39 is 23.5 Å².